The summed E-state index contributed by atoms with van der Waals surface area (Å²) in [5.74, 6) is 1.90. The summed E-state index contributed by atoms with van der Waals surface area (Å²) < 4.78 is 0. The molecule has 0 bridgehead atoms. The smallest absolute Gasteiger partial charge is 0.164 e. The van der Waals surface area contributed by atoms with Crippen LogP contribution in [0.25, 0.3) is 67.2 Å². The van der Waals surface area contributed by atoms with Gasteiger partial charge in [0.05, 0.1) is 11.4 Å². The SMILES string of the molecule is C=Nc1ccccc1N(Cc1ccc(-c2ccc(-c3nc(-c4ccccc4)nc(-c4cccc(-c5ccccc5)c4)n3)c3ccccc23)cc1)c1ccccc1. The zero-order valence-corrected chi connectivity index (χ0v) is 30.7. The van der Waals surface area contributed by atoms with Gasteiger partial charge >= 0.3 is 0 Å². The van der Waals surface area contributed by atoms with E-state index in [1.807, 2.05) is 60.7 Å². The Balaban J connectivity index is 1.10. The summed E-state index contributed by atoms with van der Waals surface area (Å²) in [4.78, 5) is 21.9. The molecule has 9 aromatic rings. The van der Waals surface area contributed by atoms with Crippen LogP contribution in [0.5, 0.6) is 0 Å². The van der Waals surface area contributed by atoms with Crippen molar-refractivity contribution in [2.75, 3.05) is 4.90 Å². The van der Waals surface area contributed by atoms with Crippen molar-refractivity contribution in [1.82, 2.24) is 15.0 Å². The van der Waals surface area contributed by atoms with Crippen molar-refractivity contribution in [2.24, 2.45) is 4.99 Å². The van der Waals surface area contributed by atoms with E-state index in [1.54, 1.807) is 0 Å². The third-order valence-corrected chi connectivity index (χ3v) is 10.1. The molecule has 0 spiro atoms. The molecule has 0 unspecified atom stereocenters. The second kappa shape index (κ2) is 15.5. The van der Waals surface area contributed by atoms with Gasteiger partial charge in [-0.2, -0.15) is 0 Å². The largest absolute Gasteiger partial charge is 0.335 e. The molecule has 0 fully saturated rings. The molecule has 5 nitrogen and oxygen atoms in total. The van der Waals surface area contributed by atoms with Crippen molar-refractivity contribution < 1.29 is 0 Å². The number of hydrogen-bond donors (Lipinski definition) is 0. The fourth-order valence-electron chi connectivity index (χ4n) is 7.28. The van der Waals surface area contributed by atoms with E-state index in [2.05, 4.69) is 156 Å². The van der Waals surface area contributed by atoms with Crippen molar-refractivity contribution in [3.05, 3.63) is 206 Å². The van der Waals surface area contributed by atoms with E-state index in [-0.39, 0.29) is 0 Å². The highest BCUT2D eigenvalue weighted by molar-refractivity contribution is 6.04. The molecule has 0 radical (unpaired) electrons. The highest BCUT2D eigenvalue weighted by Crippen LogP contribution is 2.38. The number of fused-ring (bicyclic) bond motifs is 1. The van der Waals surface area contributed by atoms with E-state index < -0.39 is 0 Å². The maximum atomic E-state index is 5.15. The van der Waals surface area contributed by atoms with E-state index in [0.717, 1.165) is 66.8 Å². The lowest BCUT2D eigenvalue weighted by Crippen LogP contribution is -2.16. The summed E-state index contributed by atoms with van der Waals surface area (Å²) in [7, 11) is 0. The van der Waals surface area contributed by atoms with Gasteiger partial charge in [-0.3, -0.25) is 4.99 Å². The minimum Gasteiger partial charge on any atom is -0.335 e. The van der Waals surface area contributed by atoms with Gasteiger partial charge < -0.3 is 4.90 Å². The van der Waals surface area contributed by atoms with Gasteiger partial charge in [-0.05, 0) is 81.7 Å². The Kier molecular flexibility index (Phi) is 9.47. The minimum absolute atomic E-state index is 0.631. The number of rotatable bonds is 10. The Morgan fingerprint density at radius 3 is 1.66 bits per heavy atom. The van der Waals surface area contributed by atoms with E-state index >= 15 is 0 Å². The second-order valence-corrected chi connectivity index (χ2v) is 13.6. The van der Waals surface area contributed by atoms with Gasteiger partial charge in [0.15, 0.2) is 17.5 Å². The van der Waals surface area contributed by atoms with Gasteiger partial charge in [-0.1, -0.05) is 164 Å². The molecule has 8 aromatic carbocycles. The lowest BCUT2D eigenvalue weighted by atomic mass is 9.94. The molecule has 1 heterocycles. The zero-order chi connectivity index (χ0) is 37.7. The maximum Gasteiger partial charge on any atom is 0.164 e. The Hall–Kier alpha value is -7.50. The first-order valence-corrected chi connectivity index (χ1v) is 18.7. The summed E-state index contributed by atoms with van der Waals surface area (Å²) >= 11 is 0. The summed E-state index contributed by atoms with van der Waals surface area (Å²) in [6.45, 7) is 4.51. The Bertz CT molecular complexity index is 2780. The molecule has 0 aliphatic carbocycles. The molecule has 5 heteroatoms. The summed E-state index contributed by atoms with van der Waals surface area (Å²) in [5, 5.41) is 2.20. The first kappa shape index (κ1) is 34.3. The number of nitrogens with zero attached hydrogens (tertiary/aromatic N) is 5. The van der Waals surface area contributed by atoms with Crippen molar-refractivity contribution in [3.63, 3.8) is 0 Å². The second-order valence-electron chi connectivity index (χ2n) is 13.6. The average Bonchev–Trinajstić information content (AvgIpc) is 3.29. The number of aromatic nitrogens is 3. The molecule has 266 valence electrons. The lowest BCUT2D eigenvalue weighted by molar-refractivity contribution is 0.975. The topological polar surface area (TPSA) is 54.3 Å². The summed E-state index contributed by atoms with van der Waals surface area (Å²) in [6.07, 6.45) is 0. The van der Waals surface area contributed by atoms with Gasteiger partial charge in [0.25, 0.3) is 0 Å². The number of anilines is 2. The monoisotopic (exact) mass is 719 g/mol. The van der Waals surface area contributed by atoms with Crippen LogP contribution in [-0.2, 0) is 6.54 Å². The molecule has 0 amide bonds. The van der Waals surface area contributed by atoms with Crippen molar-refractivity contribution in [2.45, 2.75) is 6.54 Å². The van der Waals surface area contributed by atoms with E-state index in [1.165, 1.54) is 5.56 Å². The predicted octanol–water partition coefficient (Wildman–Crippen LogP) is 13.0. The van der Waals surface area contributed by atoms with Crippen LogP contribution in [0.3, 0.4) is 0 Å². The molecule has 0 aliphatic rings. The molecule has 0 atom stereocenters. The summed E-state index contributed by atoms with van der Waals surface area (Å²) in [5.41, 5.74) is 11.5. The fraction of sp³-hybridized carbons (Fsp3) is 0.0196. The van der Waals surface area contributed by atoms with Gasteiger partial charge in [0.1, 0.15) is 0 Å². The fourth-order valence-corrected chi connectivity index (χ4v) is 7.28. The molecular weight excluding hydrogens is 683 g/mol. The Morgan fingerprint density at radius 1 is 0.411 bits per heavy atom. The molecule has 1 aromatic heterocycles. The molecule has 0 saturated heterocycles. The standard InChI is InChI=1S/C51H37N5/c1-52-47-26-13-14-27-48(47)56(42-22-9-4-10-23-42)35-36-28-30-38(31-29-36)43-32-33-46(45-25-12-11-24-44(43)45)51-54-49(39-18-7-3-8-19-39)53-50(55-51)41-21-15-20-40(34-41)37-16-5-2-6-17-37/h2-34H,1,35H2. The quantitative estimate of drug-likeness (QED) is 0.132. The van der Waals surface area contributed by atoms with Crippen molar-refractivity contribution in [1.29, 1.82) is 0 Å². The molecule has 0 saturated carbocycles. The molecule has 0 N–H and O–H groups in total. The van der Waals surface area contributed by atoms with Crippen LogP contribution in [0.15, 0.2) is 205 Å². The van der Waals surface area contributed by atoms with Crippen molar-refractivity contribution >= 4 is 34.6 Å². The third-order valence-electron chi connectivity index (χ3n) is 10.1. The lowest BCUT2D eigenvalue weighted by Gasteiger charge is -2.26. The van der Waals surface area contributed by atoms with Crippen LogP contribution in [0.1, 0.15) is 5.56 Å². The Labute approximate surface area is 327 Å². The highest BCUT2D eigenvalue weighted by Gasteiger charge is 2.18. The van der Waals surface area contributed by atoms with Gasteiger partial charge in [0.2, 0.25) is 0 Å². The van der Waals surface area contributed by atoms with E-state index in [0.29, 0.717) is 24.0 Å². The van der Waals surface area contributed by atoms with Crippen LogP contribution in [0.4, 0.5) is 17.1 Å². The van der Waals surface area contributed by atoms with Crippen LogP contribution in [0, 0.1) is 0 Å². The highest BCUT2D eigenvalue weighted by atomic mass is 15.1. The Morgan fingerprint density at radius 2 is 0.946 bits per heavy atom. The molecule has 0 aliphatic heterocycles. The van der Waals surface area contributed by atoms with Gasteiger partial charge in [0, 0.05) is 28.9 Å². The molecular formula is C51H37N5. The average molecular weight is 720 g/mol. The third kappa shape index (κ3) is 6.97. The van der Waals surface area contributed by atoms with Gasteiger partial charge in [-0.25, -0.2) is 15.0 Å². The van der Waals surface area contributed by atoms with Crippen LogP contribution in [0.2, 0.25) is 0 Å². The molecule has 56 heavy (non-hydrogen) atoms. The first-order chi connectivity index (χ1) is 27.7. The normalized spacial score (nSPS) is 11.0. The number of para-hydroxylation sites is 3. The molecule has 9 rings (SSSR count). The zero-order valence-electron chi connectivity index (χ0n) is 30.7. The number of hydrogen-bond acceptors (Lipinski definition) is 5. The van der Waals surface area contributed by atoms with Gasteiger partial charge in [-0.15, -0.1) is 0 Å². The number of aliphatic imine (C=N–C) groups is 1. The van der Waals surface area contributed by atoms with Crippen LogP contribution in [-0.4, -0.2) is 21.7 Å². The van der Waals surface area contributed by atoms with Crippen molar-refractivity contribution in [3.8, 4) is 56.4 Å². The first-order valence-electron chi connectivity index (χ1n) is 18.7. The van der Waals surface area contributed by atoms with Crippen LogP contribution < -0.4 is 4.90 Å². The minimum atomic E-state index is 0.631. The van der Waals surface area contributed by atoms with E-state index in [9.17, 15) is 0 Å². The van der Waals surface area contributed by atoms with Crippen LogP contribution >= 0.6 is 0 Å². The number of benzene rings is 8. The predicted molar refractivity (Wildman–Crippen MR) is 232 cm³/mol. The maximum absolute atomic E-state index is 5.15. The van der Waals surface area contributed by atoms with E-state index in [4.69, 9.17) is 15.0 Å². The summed E-state index contributed by atoms with van der Waals surface area (Å²) in [6, 6.07) is 69.2.